The Morgan fingerprint density at radius 2 is 2.31 bits per heavy atom. The molecule has 2 aromatic rings. The predicted octanol–water partition coefficient (Wildman–Crippen LogP) is 2.89. The molecule has 0 unspecified atom stereocenters. The van der Waals surface area contributed by atoms with Crippen molar-refractivity contribution in [2.45, 2.75) is 19.3 Å². The van der Waals surface area contributed by atoms with E-state index in [0.29, 0.717) is 34.9 Å². The van der Waals surface area contributed by atoms with Crippen LogP contribution in [0, 0.1) is 0 Å². The van der Waals surface area contributed by atoms with E-state index in [0.717, 1.165) is 0 Å². The van der Waals surface area contributed by atoms with Gasteiger partial charge >= 0.3 is 5.97 Å². The molecule has 0 aliphatic carbocycles. The molecule has 4 nitrogen and oxygen atoms in total. The lowest BCUT2D eigenvalue weighted by atomic mass is 10.2. The minimum atomic E-state index is -0.811. The van der Waals surface area contributed by atoms with Crippen molar-refractivity contribution in [2.24, 2.45) is 0 Å². The molecule has 0 aliphatic heterocycles. The van der Waals surface area contributed by atoms with E-state index in [1.165, 1.54) is 0 Å². The lowest BCUT2D eigenvalue weighted by molar-refractivity contribution is -0.137. The predicted molar refractivity (Wildman–Crippen MR) is 59.6 cm³/mol. The molecule has 0 amide bonds. The van der Waals surface area contributed by atoms with Crippen molar-refractivity contribution in [3.05, 3.63) is 29.1 Å². The second kappa shape index (κ2) is 4.53. The van der Waals surface area contributed by atoms with Crippen LogP contribution in [0.1, 0.15) is 18.7 Å². The normalized spacial score (nSPS) is 10.8. The van der Waals surface area contributed by atoms with Crippen molar-refractivity contribution < 1.29 is 14.3 Å². The summed E-state index contributed by atoms with van der Waals surface area (Å²) in [5.74, 6) is -0.279. The highest BCUT2D eigenvalue weighted by atomic mass is 35.5. The van der Waals surface area contributed by atoms with Gasteiger partial charge in [0.05, 0.1) is 5.02 Å². The zero-order valence-electron chi connectivity index (χ0n) is 8.44. The van der Waals surface area contributed by atoms with Crippen LogP contribution in [0.15, 0.2) is 22.6 Å². The Morgan fingerprint density at radius 1 is 1.50 bits per heavy atom. The molecule has 0 bridgehead atoms. The van der Waals surface area contributed by atoms with Crippen molar-refractivity contribution in [3.63, 3.8) is 0 Å². The SMILES string of the molecule is O=C(O)CCCc1nc2cccc(Cl)c2o1. The third-order valence-electron chi connectivity index (χ3n) is 2.19. The van der Waals surface area contributed by atoms with Crippen LogP contribution in [0.25, 0.3) is 11.1 Å². The third kappa shape index (κ3) is 2.33. The Labute approximate surface area is 96.8 Å². The maximum absolute atomic E-state index is 10.3. The first kappa shape index (κ1) is 11.0. The van der Waals surface area contributed by atoms with E-state index in [2.05, 4.69) is 4.98 Å². The minimum absolute atomic E-state index is 0.118. The fourth-order valence-corrected chi connectivity index (χ4v) is 1.67. The van der Waals surface area contributed by atoms with Crippen LogP contribution in [0.2, 0.25) is 5.02 Å². The van der Waals surface area contributed by atoms with Gasteiger partial charge in [-0.1, -0.05) is 17.7 Å². The zero-order valence-corrected chi connectivity index (χ0v) is 9.20. The number of para-hydroxylation sites is 1. The largest absolute Gasteiger partial charge is 0.481 e. The molecule has 1 aromatic carbocycles. The summed E-state index contributed by atoms with van der Waals surface area (Å²) in [6, 6.07) is 5.34. The van der Waals surface area contributed by atoms with Crippen molar-refractivity contribution in [1.29, 1.82) is 0 Å². The maximum Gasteiger partial charge on any atom is 0.303 e. The summed E-state index contributed by atoms with van der Waals surface area (Å²) in [5, 5.41) is 9.03. The summed E-state index contributed by atoms with van der Waals surface area (Å²) in [4.78, 5) is 14.6. The Hall–Kier alpha value is -1.55. The molecular weight excluding hydrogens is 230 g/mol. The minimum Gasteiger partial charge on any atom is -0.481 e. The van der Waals surface area contributed by atoms with E-state index >= 15 is 0 Å². The van der Waals surface area contributed by atoms with Crippen LogP contribution in [0.4, 0.5) is 0 Å². The van der Waals surface area contributed by atoms with E-state index in [4.69, 9.17) is 21.1 Å². The summed E-state index contributed by atoms with van der Waals surface area (Å²) >= 11 is 5.93. The number of fused-ring (bicyclic) bond motifs is 1. The monoisotopic (exact) mass is 239 g/mol. The van der Waals surface area contributed by atoms with E-state index < -0.39 is 5.97 Å². The number of benzene rings is 1. The van der Waals surface area contributed by atoms with Crippen molar-refractivity contribution >= 4 is 28.7 Å². The second-order valence-corrected chi connectivity index (χ2v) is 3.85. The van der Waals surface area contributed by atoms with Gasteiger partial charge < -0.3 is 9.52 Å². The van der Waals surface area contributed by atoms with Gasteiger partial charge in [-0.15, -0.1) is 0 Å². The second-order valence-electron chi connectivity index (χ2n) is 3.44. The number of rotatable bonds is 4. The highest BCUT2D eigenvalue weighted by Gasteiger charge is 2.08. The van der Waals surface area contributed by atoms with Crippen molar-refractivity contribution in [2.75, 3.05) is 0 Å². The molecule has 84 valence electrons. The van der Waals surface area contributed by atoms with Crippen LogP contribution in [0.5, 0.6) is 0 Å². The first-order valence-electron chi connectivity index (χ1n) is 4.92. The number of aromatic nitrogens is 1. The van der Waals surface area contributed by atoms with E-state index in [1.807, 2.05) is 6.07 Å². The molecule has 1 N–H and O–H groups in total. The summed E-state index contributed by atoms with van der Waals surface area (Å²) in [6.45, 7) is 0. The van der Waals surface area contributed by atoms with Gasteiger partial charge in [0.15, 0.2) is 11.5 Å². The topological polar surface area (TPSA) is 63.3 Å². The lowest BCUT2D eigenvalue weighted by Crippen LogP contribution is -1.95. The fraction of sp³-hybridized carbons (Fsp3) is 0.273. The number of nitrogens with zero attached hydrogens (tertiary/aromatic N) is 1. The van der Waals surface area contributed by atoms with Crippen LogP contribution >= 0.6 is 11.6 Å². The standard InChI is InChI=1S/C11H10ClNO3/c12-7-3-1-4-8-11(7)16-9(13-8)5-2-6-10(14)15/h1,3-4H,2,5-6H2,(H,14,15). The van der Waals surface area contributed by atoms with E-state index in [-0.39, 0.29) is 6.42 Å². The Morgan fingerprint density at radius 3 is 3.00 bits per heavy atom. The first-order chi connectivity index (χ1) is 7.66. The number of carboxylic acid groups (broad SMARTS) is 1. The van der Waals surface area contributed by atoms with Gasteiger partial charge in [-0.3, -0.25) is 4.79 Å². The molecule has 16 heavy (non-hydrogen) atoms. The first-order valence-corrected chi connectivity index (χ1v) is 5.30. The molecule has 0 spiro atoms. The molecule has 0 saturated heterocycles. The molecule has 0 radical (unpaired) electrons. The summed E-state index contributed by atoms with van der Waals surface area (Å²) in [6.07, 6.45) is 1.14. The van der Waals surface area contributed by atoms with Gasteiger partial charge in [0.1, 0.15) is 5.52 Å². The van der Waals surface area contributed by atoms with Crippen molar-refractivity contribution in [1.82, 2.24) is 4.98 Å². The molecule has 2 rings (SSSR count). The average Bonchev–Trinajstić information content (AvgIpc) is 2.61. The highest BCUT2D eigenvalue weighted by Crippen LogP contribution is 2.24. The van der Waals surface area contributed by atoms with Gasteiger partial charge in [0, 0.05) is 12.8 Å². The summed E-state index contributed by atoms with van der Waals surface area (Å²) in [5.41, 5.74) is 1.27. The number of hydrogen-bond donors (Lipinski definition) is 1. The molecule has 1 heterocycles. The molecule has 5 heteroatoms. The van der Waals surface area contributed by atoms with E-state index in [9.17, 15) is 4.79 Å². The number of aliphatic carboxylic acids is 1. The summed E-state index contributed by atoms with van der Waals surface area (Å²) < 4.78 is 5.44. The fourth-order valence-electron chi connectivity index (χ4n) is 1.46. The highest BCUT2D eigenvalue weighted by molar-refractivity contribution is 6.34. The zero-order chi connectivity index (χ0) is 11.5. The summed E-state index contributed by atoms with van der Waals surface area (Å²) in [7, 11) is 0. The van der Waals surface area contributed by atoms with Gasteiger partial charge in [0.2, 0.25) is 0 Å². The van der Waals surface area contributed by atoms with Gasteiger partial charge in [-0.25, -0.2) is 4.98 Å². The van der Waals surface area contributed by atoms with Crippen LogP contribution in [-0.2, 0) is 11.2 Å². The van der Waals surface area contributed by atoms with Crippen molar-refractivity contribution in [3.8, 4) is 0 Å². The molecule has 0 fully saturated rings. The molecule has 1 aromatic heterocycles. The number of carbonyl (C=O) groups is 1. The Balaban J connectivity index is 2.14. The number of aryl methyl sites for hydroxylation is 1. The number of oxazole rings is 1. The van der Waals surface area contributed by atoms with Gasteiger partial charge in [0.25, 0.3) is 0 Å². The van der Waals surface area contributed by atoms with Gasteiger partial charge in [-0.2, -0.15) is 0 Å². The number of halogens is 1. The molecule has 0 saturated carbocycles. The molecule has 0 aliphatic rings. The van der Waals surface area contributed by atoms with Crippen LogP contribution < -0.4 is 0 Å². The number of carboxylic acids is 1. The van der Waals surface area contributed by atoms with Crippen LogP contribution in [-0.4, -0.2) is 16.1 Å². The Kier molecular flexibility index (Phi) is 3.10. The Bertz CT molecular complexity index is 521. The molecular formula is C11H10ClNO3. The smallest absolute Gasteiger partial charge is 0.303 e. The van der Waals surface area contributed by atoms with E-state index in [1.54, 1.807) is 12.1 Å². The quantitative estimate of drug-likeness (QED) is 0.891. The average molecular weight is 240 g/mol. The third-order valence-corrected chi connectivity index (χ3v) is 2.49. The maximum atomic E-state index is 10.3. The lowest BCUT2D eigenvalue weighted by Gasteiger charge is -1.92. The van der Waals surface area contributed by atoms with Crippen LogP contribution in [0.3, 0.4) is 0 Å². The number of hydrogen-bond acceptors (Lipinski definition) is 3. The molecule has 0 atom stereocenters. The van der Waals surface area contributed by atoms with Gasteiger partial charge in [-0.05, 0) is 18.6 Å².